The standard InChI is InChI=1S/C17H19FN4O3/c1-12-19-20-15(25-12)6-7-16(23)21-8-10-22(11-9-21)17(24)13-4-2-3-5-14(13)18/h2-5H,6-11H2,1H3. The SMILES string of the molecule is Cc1nnc(CCC(=O)N2CCN(C(=O)c3ccccc3F)CC2)o1. The van der Waals surface area contributed by atoms with Gasteiger partial charge >= 0.3 is 0 Å². The van der Waals surface area contributed by atoms with Crippen molar-refractivity contribution in [1.29, 1.82) is 0 Å². The Labute approximate surface area is 144 Å². The van der Waals surface area contributed by atoms with Crippen LogP contribution in [0, 0.1) is 12.7 Å². The Hall–Kier alpha value is -2.77. The Morgan fingerprint density at radius 2 is 1.80 bits per heavy atom. The van der Waals surface area contributed by atoms with Crippen LogP contribution in [-0.2, 0) is 11.2 Å². The molecule has 1 aromatic carbocycles. The highest BCUT2D eigenvalue weighted by molar-refractivity contribution is 5.94. The van der Waals surface area contributed by atoms with Gasteiger partial charge in [0, 0.05) is 45.9 Å². The molecule has 0 saturated carbocycles. The summed E-state index contributed by atoms with van der Waals surface area (Å²) in [6.45, 7) is 3.34. The van der Waals surface area contributed by atoms with Gasteiger partial charge in [-0.15, -0.1) is 10.2 Å². The first-order chi connectivity index (χ1) is 12.0. The van der Waals surface area contributed by atoms with E-state index < -0.39 is 5.82 Å². The van der Waals surface area contributed by atoms with Crippen LogP contribution in [0.5, 0.6) is 0 Å². The van der Waals surface area contributed by atoms with E-state index in [2.05, 4.69) is 10.2 Å². The number of amides is 2. The molecule has 1 aromatic heterocycles. The normalized spacial score (nSPS) is 14.6. The highest BCUT2D eigenvalue weighted by Gasteiger charge is 2.26. The molecule has 0 radical (unpaired) electrons. The van der Waals surface area contributed by atoms with Crippen LogP contribution in [0.4, 0.5) is 4.39 Å². The van der Waals surface area contributed by atoms with Gasteiger partial charge in [-0.25, -0.2) is 4.39 Å². The van der Waals surface area contributed by atoms with E-state index in [1.807, 2.05) is 0 Å². The largest absolute Gasteiger partial charge is 0.426 e. The van der Waals surface area contributed by atoms with E-state index in [0.29, 0.717) is 44.4 Å². The summed E-state index contributed by atoms with van der Waals surface area (Å²) in [4.78, 5) is 27.9. The number of benzene rings is 1. The van der Waals surface area contributed by atoms with Crippen molar-refractivity contribution in [2.75, 3.05) is 26.2 Å². The van der Waals surface area contributed by atoms with Crippen molar-refractivity contribution >= 4 is 11.8 Å². The number of rotatable bonds is 4. The lowest BCUT2D eigenvalue weighted by Gasteiger charge is -2.34. The minimum Gasteiger partial charge on any atom is -0.426 e. The van der Waals surface area contributed by atoms with E-state index in [1.54, 1.807) is 28.9 Å². The Morgan fingerprint density at radius 1 is 1.12 bits per heavy atom. The third-order valence-electron chi connectivity index (χ3n) is 4.14. The average Bonchev–Trinajstić information content (AvgIpc) is 3.05. The van der Waals surface area contributed by atoms with Gasteiger partial charge in [0.05, 0.1) is 5.56 Å². The van der Waals surface area contributed by atoms with Gasteiger partial charge in [0.2, 0.25) is 17.7 Å². The predicted molar refractivity (Wildman–Crippen MR) is 86.2 cm³/mol. The molecule has 0 spiro atoms. The van der Waals surface area contributed by atoms with Crippen LogP contribution in [0.25, 0.3) is 0 Å². The van der Waals surface area contributed by atoms with Crippen LogP contribution in [0.1, 0.15) is 28.6 Å². The van der Waals surface area contributed by atoms with Crippen LogP contribution in [0.3, 0.4) is 0 Å². The first kappa shape index (κ1) is 17.1. The molecule has 0 atom stereocenters. The summed E-state index contributed by atoms with van der Waals surface area (Å²) in [7, 11) is 0. The minimum atomic E-state index is -0.527. The second-order valence-corrected chi connectivity index (χ2v) is 5.87. The summed E-state index contributed by atoms with van der Waals surface area (Å²) in [5, 5.41) is 7.59. The molecule has 8 heteroatoms. The van der Waals surface area contributed by atoms with Crippen LogP contribution in [0.15, 0.2) is 28.7 Å². The molecule has 2 aromatic rings. The molecule has 0 aliphatic carbocycles. The summed E-state index contributed by atoms with van der Waals surface area (Å²) in [5.41, 5.74) is 0.0639. The fourth-order valence-electron chi connectivity index (χ4n) is 2.77. The van der Waals surface area contributed by atoms with Crippen molar-refractivity contribution in [2.45, 2.75) is 19.8 Å². The van der Waals surface area contributed by atoms with Crippen LogP contribution < -0.4 is 0 Å². The van der Waals surface area contributed by atoms with E-state index >= 15 is 0 Å². The molecule has 1 aliphatic heterocycles. The third kappa shape index (κ3) is 4.01. The molecular weight excluding hydrogens is 327 g/mol. The maximum Gasteiger partial charge on any atom is 0.256 e. The van der Waals surface area contributed by atoms with E-state index in [1.165, 1.54) is 12.1 Å². The molecule has 0 N–H and O–H groups in total. The Morgan fingerprint density at radius 3 is 2.44 bits per heavy atom. The third-order valence-corrected chi connectivity index (χ3v) is 4.14. The highest BCUT2D eigenvalue weighted by Crippen LogP contribution is 2.13. The Balaban J connectivity index is 1.50. The number of aryl methyl sites for hydroxylation is 2. The van der Waals surface area contributed by atoms with E-state index in [9.17, 15) is 14.0 Å². The maximum absolute atomic E-state index is 13.7. The molecule has 7 nitrogen and oxygen atoms in total. The van der Waals surface area contributed by atoms with Gasteiger partial charge in [0.25, 0.3) is 5.91 Å². The maximum atomic E-state index is 13.7. The first-order valence-corrected chi connectivity index (χ1v) is 8.15. The lowest BCUT2D eigenvalue weighted by Crippen LogP contribution is -2.50. The smallest absolute Gasteiger partial charge is 0.256 e. The van der Waals surface area contributed by atoms with Crippen molar-refractivity contribution in [2.24, 2.45) is 0 Å². The number of aromatic nitrogens is 2. The topological polar surface area (TPSA) is 79.5 Å². The fraction of sp³-hybridized carbons (Fsp3) is 0.412. The molecule has 2 amide bonds. The number of hydrogen-bond donors (Lipinski definition) is 0. The zero-order valence-corrected chi connectivity index (χ0v) is 13.9. The molecule has 3 rings (SSSR count). The molecule has 0 unspecified atom stereocenters. The van der Waals surface area contributed by atoms with Gasteiger partial charge in [-0.05, 0) is 12.1 Å². The van der Waals surface area contributed by atoms with Crippen molar-refractivity contribution in [3.05, 3.63) is 47.4 Å². The van der Waals surface area contributed by atoms with E-state index in [-0.39, 0.29) is 23.8 Å². The molecule has 1 aliphatic rings. The minimum absolute atomic E-state index is 0.0196. The van der Waals surface area contributed by atoms with Crippen LogP contribution in [-0.4, -0.2) is 58.0 Å². The van der Waals surface area contributed by atoms with Gasteiger partial charge in [-0.2, -0.15) is 0 Å². The fourth-order valence-corrected chi connectivity index (χ4v) is 2.77. The van der Waals surface area contributed by atoms with Crippen LogP contribution in [0.2, 0.25) is 0 Å². The van der Waals surface area contributed by atoms with Crippen LogP contribution >= 0.6 is 0 Å². The molecule has 1 fully saturated rings. The summed E-state index contributed by atoms with van der Waals surface area (Å²) in [6.07, 6.45) is 0.678. The monoisotopic (exact) mass is 346 g/mol. The molecular formula is C17H19FN4O3. The number of halogens is 1. The number of hydrogen-bond acceptors (Lipinski definition) is 5. The number of nitrogens with zero attached hydrogens (tertiary/aromatic N) is 4. The number of carbonyl (C=O) groups is 2. The zero-order valence-electron chi connectivity index (χ0n) is 13.9. The molecule has 25 heavy (non-hydrogen) atoms. The Kier molecular flexibility index (Phi) is 5.06. The van der Waals surface area contributed by atoms with Crippen molar-refractivity contribution < 1.29 is 18.4 Å². The quantitative estimate of drug-likeness (QED) is 0.837. The second kappa shape index (κ2) is 7.42. The summed E-state index contributed by atoms with van der Waals surface area (Å²) in [5.74, 6) is 0.0307. The molecule has 132 valence electrons. The highest BCUT2D eigenvalue weighted by atomic mass is 19.1. The van der Waals surface area contributed by atoms with Gasteiger partial charge < -0.3 is 14.2 Å². The average molecular weight is 346 g/mol. The van der Waals surface area contributed by atoms with E-state index in [4.69, 9.17) is 4.42 Å². The van der Waals surface area contributed by atoms with Gasteiger partial charge in [0.1, 0.15) is 5.82 Å². The van der Waals surface area contributed by atoms with Crippen molar-refractivity contribution in [1.82, 2.24) is 20.0 Å². The first-order valence-electron chi connectivity index (χ1n) is 8.15. The van der Waals surface area contributed by atoms with Gasteiger partial charge in [-0.3, -0.25) is 9.59 Å². The number of piperazine rings is 1. The Bertz CT molecular complexity index is 769. The van der Waals surface area contributed by atoms with Crippen molar-refractivity contribution in [3.8, 4) is 0 Å². The zero-order chi connectivity index (χ0) is 17.8. The van der Waals surface area contributed by atoms with Gasteiger partial charge in [-0.1, -0.05) is 12.1 Å². The van der Waals surface area contributed by atoms with Gasteiger partial charge in [0.15, 0.2) is 0 Å². The predicted octanol–water partition coefficient (Wildman–Crippen LogP) is 1.43. The number of carbonyl (C=O) groups excluding carboxylic acids is 2. The van der Waals surface area contributed by atoms with E-state index in [0.717, 1.165) is 0 Å². The second-order valence-electron chi connectivity index (χ2n) is 5.87. The molecule has 0 bridgehead atoms. The lowest BCUT2D eigenvalue weighted by atomic mass is 10.1. The summed E-state index contributed by atoms with van der Waals surface area (Å²) >= 11 is 0. The summed E-state index contributed by atoms with van der Waals surface area (Å²) < 4.78 is 19.0. The van der Waals surface area contributed by atoms with Crippen molar-refractivity contribution in [3.63, 3.8) is 0 Å². The molecule has 2 heterocycles. The lowest BCUT2D eigenvalue weighted by molar-refractivity contribution is -0.132. The summed E-state index contributed by atoms with van der Waals surface area (Å²) in [6, 6.07) is 5.93. The molecule has 1 saturated heterocycles.